The van der Waals surface area contributed by atoms with E-state index in [4.69, 9.17) is 4.74 Å². The SMILES string of the molecule is COc1ccc(C2(C)NC(=O)N(CC(=O)N3CCCc4cc(C(F)(F)F)ccc43)C2=O)cc1. The topological polar surface area (TPSA) is 79.0 Å². The minimum absolute atomic E-state index is 0.288. The summed E-state index contributed by atoms with van der Waals surface area (Å²) in [5, 5.41) is 2.64. The van der Waals surface area contributed by atoms with Crippen LogP contribution >= 0.6 is 0 Å². The number of methoxy groups -OCH3 is 1. The highest BCUT2D eigenvalue weighted by molar-refractivity contribution is 6.10. The Labute approximate surface area is 188 Å². The summed E-state index contributed by atoms with van der Waals surface area (Å²) in [6.07, 6.45) is -3.60. The van der Waals surface area contributed by atoms with Gasteiger partial charge < -0.3 is 15.0 Å². The van der Waals surface area contributed by atoms with Gasteiger partial charge in [0.2, 0.25) is 5.91 Å². The number of halogens is 3. The quantitative estimate of drug-likeness (QED) is 0.708. The number of fused-ring (bicyclic) bond motifs is 1. The van der Waals surface area contributed by atoms with Gasteiger partial charge in [0.1, 0.15) is 17.8 Å². The van der Waals surface area contributed by atoms with Crippen LogP contribution in [0.4, 0.5) is 23.7 Å². The van der Waals surface area contributed by atoms with E-state index in [-0.39, 0.29) is 6.54 Å². The number of carbonyl (C=O) groups excluding carboxylic acids is 3. The zero-order valence-corrected chi connectivity index (χ0v) is 18.0. The molecule has 2 aliphatic heterocycles. The molecule has 0 spiro atoms. The third kappa shape index (κ3) is 4.01. The molecule has 10 heteroatoms. The van der Waals surface area contributed by atoms with E-state index in [1.165, 1.54) is 18.1 Å². The number of anilines is 1. The van der Waals surface area contributed by atoms with Crippen molar-refractivity contribution in [3.63, 3.8) is 0 Å². The summed E-state index contributed by atoms with van der Waals surface area (Å²) in [6.45, 7) is 1.32. The van der Waals surface area contributed by atoms with E-state index in [1.54, 1.807) is 31.2 Å². The highest BCUT2D eigenvalue weighted by Crippen LogP contribution is 2.36. The number of nitrogens with zero attached hydrogens (tertiary/aromatic N) is 2. The Morgan fingerprint density at radius 2 is 1.85 bits per heavy atom. The van der Waals surface area contributed by atoms with Crippen molar-refractivity contribution in [1.82, 2.24) is 10.2 Å². The minimum atomic E-state index is -4.48. The second-order valence-corrected chi connectivity index (χ2v) is 8.17. The molecule has 4 amide bonds. The van der Waals surface area contributed by atoms with Crippen molar-refractivity contribution in [3.8, 4) is 5.75 Å². The van der Waals surface area contributed by atoms with Crippen molar-refractivity contribution in [2.75, 3.05) is 25.1 Å². The molecule has 0 aromatic heterocycles. The van der Waals surface area contributed by atoms with Crippen molar-refractivity contribution in [3.05, 3.63) is 59.2 Å². The molecule has 0 saturated carbocycles. The smallest absolute Gasteiger partial charge is 0.416 e. The molecule has 2 aliphatic rings. The van der Waals surface area contributed by atoms with E-state index in [1.807, 2.05) is 0 Å². The minimum Gasteiger partial charge on any atom is -0.497 e. The molecule has 7 nitrogen and oxygen atoms in total. The van der Waals surface area contributed by atoms with E-state index in [2.05, 4.69) is 5.32 Å². The van der Waals surface area contributed by atoms with Crippen LogP contribution in [0.25, 0.3) is 0 Å². The van der Waals surface area contributed by atoms with Crippen LogP contribution in [0, 0.1) is 0 Å². The number of carbonyl (C=O) groups is 3. The Morgan fingerprint density at radius 1 is 1.15 bits per heavy atom. The number of imide groups is 1. The lowest BCUT2D eigenvalue weighted by Gasteiger charge is -2.31. The molecule has 33 heavy (non-hydrogen) atoms. The zero-order chi connectivity index (χ0) is 24.0. The Morgan fingerprint density at radius 3 is 2.48 bits per heavy atom. The van der Waals surface area contributed by atoms with Gasteiger partial charge >= 0.3 is 12.2 Å². The van der Waals surface area contributed by atoms with Crippen molar-refractivity contribution in [2.45, 2.75) is 31.5 Å². The first kappa shape index (κ1) is 22.6. The van der Waals surface area contributed by atoms with Gasteiger partial charge in [-0.1, -0.05) is 12.1 Å². The first-order valence-corrected chi connectivity index (χ1v) is 10.3. The molecule has 1 N–H and O–H groups in total. The lowest BCUT2D eigenvalue weighted by Crippen LogP contribution is -2.46. The van der Waals surface area contributed by atoms with Crippen LogP contribution in [0.1, 0.15) is 30.0 Å². The molecule has 4 rings (SSSR count). The maximum Gasteiger partial charge on any atom is 0.416 e. The molecular formula is C23H22F3N3O4. The van der Waals surface area contributed by atoms with Crippen molar-refractivity contribution in [1.29, 1.82) is 0 Å². The highest BCUT2D eigenvalue weighted by atomic mass is 19.4. The number of amides is 4. The predicted molar refractivity (Wildman–Crippen MR) is 113 cm³/mol. The van der Waals surface area contributed by atoms with Crippen LogP contribution in [0.3, 0.4) is 0 Å². The van der Waals surface area contributed by atoms with Crippen LogP contribution in [-0.2, 0) is 27.7 Å². The second-order valence-electron chi connectivity index (χ2n) is 8.17. The summed E-state index contributed by atoms with van der Waals surface area (Å²) in [5.41, 5.74) is -0.834. The number of aryl methyl sites for hydroxylation is 1. The normalized spacial score (nSPS) is 20.5. The number of nitrogens with one attached hydrogen (secondary N) is 1. The molecule has 0 aliphatic carbocycles. The zero-order valence-electron chi connectivity index (χ0n) is 18.0. The fraction of sp³-hybridized carbons (Fsp3) is 0.348. The molecule has 1 fully saturated rings. The number of rotatable bonds is 4. The van der Waals surface area contributed by atoms with E-state index in [9.17, 15) is 27.6 Å². The summed E-state index contributed by atoms with van der Waals surface area (Å²) in [7, 11) is 1.51. The monoisotopic (exact) mass is 461 g/mol. The standard InChI is InChI=1S/C23H22F3N3O4/c1-22(15-5-8-17(33-2)9-6-15)20(31)29(21(32)27-22)13-19(30)28-11-3-4-14-12-16(23(24,25)26)7-10-18(14)28/h5-10,12H,3-4,11,13H2,1-2H3,(H,27,32). The molecule has 1 unspecified atom stereocenters. The van der Waals surface area contributed by atoms with Gasteiger partial charge in [0, 0.05) is 12.2 Å². The Hall–Kier alpha value is -3.56. The fourth-order valence-corrected chi connectivity index (χ4v) is 4.21. The number of benzene rings is 2. The van der Waals surface area contributed by atoms with Gasteiger partial charge in [-0.2, -0.15) is 13.2 Å². The van der Waals surface area contributed by atoms with Gasteiger partial charge in [-0.3, -0.25) is 14.5 Å². The average molecular weight is 461 g/mol. The Bertz CT molecular complexity index is 1120. The lowest BCUT2D eigenvalue weighted by atomic mass is 9.92. The Balaban J connectivity index is 1.54. The first-order valence-electron chi connectivity index (χ1n) is 10.3. The maximum absolute atomic E-state index is 13.1. The van der Waals surface area contributed by atoms with Gasteiger partial charge in [-0.05, 0) is 61.2 Å². The van der Waals surface area contributed by atoms with Crippen molar-refractivity contribution in [2.24, 2.45) is 0 Å². The molecule has 174 valence electrons. The fourth-order valence-electron chi connectivity index (χ4n) is 4.21. The van der Waals surface area contributed by atoms with Gasteiger partial charge in [0.25, 0.3) is 5.91 Å². The lowest BCUT2D eigenvalue weighted by molar-refractivity contribution is -0.137. The third-order valence-electron chi connectivity index (χ3n) is 6.06. The second kappa shape index (κ2) is 8.09. The Kier molecular flexibility index (Phi) is 5.55. The third-order valence-corrected chi connectivity index (χ3v) is 6.06. The summed E-state index contributed by atoms with van der Waals surface area (Å²) in [4.78, 5) is 40.9. The van der Waals surface area contributed by atoms with Gasteiger partial charge in [-0.15, -0.1) is 0 Å². The average Bonchev–Trinajstić information content (AvgIpc) is 3.01. The molecule has 2 aromatic carbocycles. The summed E-state index contributed by atoms with van der Waals surface area (Å²) in [5.74, 6) is -0.544. The summed E-state index contributed by atoms with van der Waals surface area (Å²) in [6, 6.07) is 9.16. The predicted octanol–water partition coefficient (Wildman–Crippen LogP) is 3.46. The molecule has 1 saturated heterocycles. The van der Waals surface area contributed by atoms with Crippen molar-refractivity contribution >= 4 is 23.5 Å². The molecule has 1 atom stereocenters. The summed E-state index contributed by atoms with van der Waals surface area (Å²) < 4.78 is 44.3. The van der Waals surface area contributed by atoms with Gasteiger partial charge in [0.15, 0.2) is 0 Å². The van der Waals surface area contributed by atoms with Crippen LogP contribution < -0.4 is 15.0 Å². The highest BCUT2D eigenvalue weighted by Gasteiger charge is 2.50. The maximum atomic E-state index is 13.1. The van der Waals surface area contributed by atoms with Gasteiger partial charge in [-0.25, -0.2) is 4.79 Å². The number of ether oxygens (including phenoxy) is 1. The van der Waals surface area contributed by atoms with Crippen LogP contribution in [-0.4, -0.2) is 42.9 Å². The van der Waals surface area contributed by atoms with Crippen LogP contribution in [0.15, 0.2) is 42.5 Å². The molecule has 0 bridgehead atoms. The first-order chi connectivity index (χ1) is 15.5. The summed E-state index contributed by atoms with van der Waals surface area (Å²) >= 11 is 0. The number of urea groups is 1. The molecular weight excluding hydrogens is 439 g/mol. The molecule has 2 aromatic rings. The molecule has 2 heterocycles. The number of hydrogen-bond acceptors (Lipinski definition) is 4. The number of alkyl halides is 3. The van der Waals surface area contributed by atoms with E-state index in [0.717, 1.165) is 17.0 Å². The van der Waals surface area contributed by atoms with Gasteiger partial charge in [0.05, 0.1) is 12.7 Å². The number of hydrogen-bond donors (Lipinski definition) is 1. The molecule has 0 radical (unpaired) electrons. The van der Waals surface area contributed by atoms with E-state index < -0.39 is 41.7 Å². The van der Waals surface area contributed by atoms with E-state index >= 15 is 0 Å². The van der Waals surface area contributed by atoms with Crippen molar-refractivity contribution < 1.29 is 32.3 Å². The van der Waals surface area contributed by atoms with Crippen LogP contribution in [0.2, 0.25) is 0 Å². The van der Waals surface area contributed by atoms with E-state index in [0.29, 0.717) is 35.4 Å². The largest absolute Gasteiger partial charge is 0.497 e. The van der Waals surface area contributed by atoms with Crippen LogP contribution in [0.5, 0.6) is 5.75 Å².